The lowest BCUT2D eigenvalue weighted by Crippen LogP contribution is -2.31. The molecule has 1 aliphatic rings. The van der Waals surface area contributed by atoms with E-state index in [0.29, 0.717) is 11.5 Å². The number of carbonyl (C=O) groups is 1. The fourth-order valence-corrected chi connectivity index (χ4v) is 2.42. The Morgan fingerprint density at radius 2 is 2.15 bits per heavy atom. The summed E-state index contributed by atoms with van der Waals surface area (Å²) < 4.78 is 27.7. The number of halogens is 2. The normalized spacial score (nSPS) is 19.1. The zero-order chi connectivity index (χ0) is 14.2. The predicted octanol–water partition coefficient (Wildman–Crippen LogP) is 2.49. The van der Waals surface area contributed by atoms with Crippen LogP contribution in [0.4, 0.5) is 14.6 Å². The van der Waals surface area contributed by atoms with E-state index in [-0.39, 0.29) is 37.5 Å². The van der Waals surface area contributed by atoms with Gasteiger partial charge in [-0.1, -0.05) is 0 Å². The molecule has 1 amide bonds. The standard InChI is InChI=1S/C13H14F2N4O/c14-13(15)5-3-9(4-6-13)12(20)18-10-8-19-11(17-10)2-1-7-16-19/h1-2,7-9H,3-6H2,(H,18,20). The van der Waals surface area contributed by atoms with Crippen LogP contribution in [0.1, 0.15) is 25.7 Å². The Kier molecular flexibility index (Phi) is 3.11. The number of amides is 1. The molecule has 0 bridgehead atoms. The molecule has 2 aromatic rings. The maximum atomic E-state index is 13.1. The Morgan fingerprint density at radius 1 is 1.40 bits per heavy atom. The number of imidazole rings is 1. The topological polar surface area (TPSA) is 59.3 Å². The minimum Gasteiger partial charge on any atom is -0.309 e. The molecule has 1 N–H and O–H groups in total. The van der Waals surface area contributed by atoms with Gasteiger partial charge in [-0.15, -0.1) is 0 Å². The second-order valence-electron chi connectivity index (χ2n) is 5.07. The summed E-state index contributed by atoms with van der Waals surface area (Å²) in [6.07, 6.45) is 3.19. The van der Waals surface area contributed by atoms with Crippen LogP contribution in [0.3, 0.4) is 0 Å². The minimum atomic E-state index is -2.62. The Labute approximate surface area is 114 Å². The van der Waals surface area contributed by atoms with Gasteiger partial charge in [-0.3, -0.25) is 4.79 Å². The van der Waals surface area contributed by atoms with Crippen LogP contribution in [0, 0.1) is 5.92 Å². The first-order valence-electron chi connectivity index (χ1n) is 6.53. The minimum absolute atomic E-state index is 0.213. The zero-order valence-corrected chi connectivity index (χ0v) is 10.7. The fraction of sp³-hybridized carbons (Fsp3) is 0.462. The van der Waals surface area contributed by atoms with E-state index in [2.05, 4.69) is 15.4 Å². The number of hydrogen-bond acceptors (Lipinski definition) is 3. The number of alkyl halides is 2. The largest absolute Gasteiger partial charge is 0.309 e. The van der Waals surface area contributed by atoms with Gasteiger partial charge in [0.25, 0.3) is 0 Å². The molecule has 7 heteroatoms. The lowest BCUT2D eigenvalue weighted by molar-refractivity contribution is -0.124. The maximum Gasteiger partial charge on any atom is 0.248 e. The summed E-state index contributed by atoms with van der Waals surface area (Å²) in [5, 5.41) is 6.72. The van der Waals surface area contributed by atoms with E-state index in [1.165, 1.54) is 0 Å². The lowest BCUT2D eigenvalue weighted by atomic mass is 9.86. The van der Waals surface area contributed by atoms with Crippen LogP contribution < -0.4 is 5.32 Å². The summed E-state index contributed by atoms with van der Waals surface area (Å²) in [6.45, 7) is 0. The molecule has 1 fully saturated rings. The van der Waals surface area contributed by atoms with Crippen LogP contribution in [0.15, 0.2) is 24.5 Å². The van der Waals surface area contributed by atoms with Gasteiger partial charge in [-0.2, -0.15) is 5.10 Å². The van der Waals surface area contributed by atoms with Gasteiger partial charge >= 0.3 is 0 Å². The molecule has 0 spiro atoms. The first kappa shape index (κ1) is 13.0. The second kappa shape index (κ2) is 4.81. The molecule has 0 aromatic carbocycles. The summed E-state index contributed by atoms with van der Waals surface area (Å²) >= 11 is 0. The van der Waals surface area contributed by atoms with Crippen molar-refractivity contribution in [2.45, 2.75) is 31.6 Å². The van der Waals surface area contributed by atoms with Gasteiger partial charge in [0.05, 0.1) is 6.20 Å². The highest BCUT2D eigenvalue weighted by Crippen LogP contribution is 2.36. The molecule has 0 unspecified atom stereocenters. The van der Waals surface area contributed by atoms with Crippen molar-refractivity contribution >= 4 is 17.4 Å². The molecule has 0 atom stereocenters. The third kappa shape index (κ3) is 2.61. The van der Waals surface area contributed by atoms with Crippen LogP contribution in [-0.2, 0) is 4.79 Å². The first-order chi connectivity index (χ1) is 9.53. The van der Waals surface area contributed by atoms with E-state index in [9.17, 15) is 13.6 Å². The fourth-order valence-electron chi connectivity index (χ4n) is 2.42. The van der Waals surface area contributed by atoms with Crippen molar-refractivity contribution in [1.29, 1.82) is 0 Å². The first-order valence-corrected chi connectivity index (χ1v) is 6.53. The molecule has 1 aliphatic carbocycles. The highest BCUT2D eigenvalue weighted by molar-refractivity contribution is 5.91. The number of fused-ring (bicyclic) bond motifs is 1. The molecular weight excluding hydrogens is 266 g/mol. The SMILES string of the molecule is O=C(Nc1cn2ncccc2n1)C1CCC(F)(F)CC1. The molecule has 0 aliphatic heterocycles. The number of anilines is 1. The molecule has 0 saturated heterocycles. The average Bonchev–Trinajstić information content (AvgIpc) is 2.80. The van der Waals surface area contributed by atoms with Crippen molar-refractivity contribution < 1.29 is 13.6 Å². The van der Waals surface area contributed by atoms with Gasteiger partial charge in [-0.25, -0.2) is 18.3 Å². The Balaban J connectivity index is 1.67. The molecule has 2 aromatic heterocycles. The summed E-state index contributed by atoms with van der Waals surface area (Å²) in [4.78, 5) is 16.2. The number of rotatable bonds is 2. The smallest absolute Gasteiger partial charge is 0.248 e. The van der Waals surface area contributed by atoms with Crippen LogP contribution in [-0.4, -0.2) is 26.4 Å². The van der Waals surface area contributed by atoms with E-state index in [0.717, 1.165) is 0 Å². The number of nitrogens with one attached hydrogen (secondary N) is 1. The van der Waals surface area contributed by atoms with E-state index >= 15 is 0 Å². The van der Waals surface area contributed by atoms with Crippen molar-refractivity contribution in [3.63, 3.8) is 0 Å². The van der Waals surface area contributed by atoms with E-state index in [1.54, 1.807) is 29.0 Å². The van der Waals surface area contributed by atoms with Crippen LogP contribution >= 0.6 is 0 Å². The van der Waals surface area contributed by atoms with Crippen molar-refractivity contribution in [2.24, 2.45) is 5.92 Å². The maximum absolute atomic E-state index is 13.1. The zero-order valence-electron chi connectivity index (χ0n) is 10.7. The summed E-state index contributed by atoms with van der Waals surface area (Å²) in [5.74, 6) is -2.84. The number of aromatic nitrogens is 3. The lowest BCUT2D eigenvalue weighted by Gasteiger charge is -2.27. The molecule has 5 nitrogen and oxygen atoms in total. The van der Waals surface area contributed by atoms with Crippen LogP contribution in [0.5, 0.6) is 0 Å². The summed E-state index contributed by atoms with van der Waals surface area (Å²) in [5.41, 5.74) is 0.623. The Bertz CT molecular complexity index is 597. The van der Waals surface area contributed by atoms with Crippen molar-refractivity contribution in [3.05, 3.63) is 24.5 Å². The quantitative estimate of drug-likeness (QED) is 0.919. The van der Waals surface area contributed by atoms with Gasteiger partial charge in [0, 0.05) is 25.0 Å². The van der Waals surface area contributed by atoms with E-state index in [1.807, 2.05) is 0 Å². The van der Waals surface area contributed by atoms with Gasteiger partial charge in [0.15, 0.2) is 11.5 Å². The molecule has 2 heterocycles. The number of hydrogen-bond donors (Lipinski definition) is 1. The summed E-state index contributed by atoms with van der Waals surface area (Å²) in [7, 11) is 0. The van der Waals surface area contributed by atoms with E-state index < -0.39 is 5.92 Å². The Morgan fingerprint density at radius 3 is 2.85 bits per heavy atom. The molecule has 1 saturated carbocycles. The molecule has 106 valence electrons. The van der Waals surface area contributed by atoms with Crippen LogP contribution in [0.2, 0.25) is 0 Å². The second-order valence-corrected chi connectivity index (χ2v) is 5.07. The molecule has 3 rings (SSSR count). The molecule has 0 radical (unpaired) electrons. The van der Waals surface area contributed by atoms with Crippen molar-refractivity contribution in [2.75, 3.05) is 5.32 Å². The van der Waals surface area contributed by atoms with Crippen molar-refractivity contribution in [3.8, 4) is 0 Å². The van der Waals surface area contributed by atoms with Gasteiger partial charge < -0.3 is 5.32 Å². The average molecular weight is 280 g/mol. The number of carbonyl (C=O) groups excluding carboxylic acids is 1. The van der Waals surface area contributed by atoms with E-state index in [4.69, 9.17) is 0 Å². The molecular formula is C13H14F2N4O. The Hall–Kier alpha value is -2.05. The monoisotopic (exact) mass is 280 g/mol. The third-order valence-corrected chi connectivity index (χ3v) is 3.58. The predicted molar refractivity (Wildman–Crippen MR) is 68.5 cm³/mol. The van der Waals surface area contributed by atoms with Gasteiger partial charge in [-0.05, 0) is 25.0 Å². The highest BCUT2D eigenvalue weighted by atomic mass is 19.3. The summed E-state index contributed by atoms with van der Waals surface area (Å²) in [6, 6.07) is 3.51. The highest BCUT2D eigenvalue weighted by Gasteiger charge is 2.37. The van der Waals surface area contributed by atoms with Crippen LogP contribution in [0.25, 0.3) is 5.65 Å². The van der Waals surface area contributed by atoms with Crippen molar-refractivity contribution in [1.82, 2.24) is 14.6 Å². The van der Waals surface area contributed by atoms with Gasteiger partial charge in [0.2, 0.25) is 11.8 Å². The molecule has 20 heavy (non-hydrogen) atoms. The van der Waals surface area contributed by atoms with Gasteiger partial charge in [0.1, 0.15) is 0 Å². The number of nitrogens with zero attached hydrogens (tertiary/aromatic N) is 3. The third-order valence-electron chi connectivity index (χ3n) is 3.58.